The highest BCUT2D eigenvalue weighted by molar-refractivity contribution is 9.10. The molecule has 0 amide bonds. The zero-order valence-corrected chi connectivity index (χ0v) is 16.8. The smallest absolute Gasteiger partial charge is 0.0317 e. The summed E-state index contributed by atoms with van der Waals surface area (Å²) in [5.74, 6) is 0. The van der Waals surface area contributed by atoms with Gasteiger partial charge in [0, 0.05) is 13.8 Å². The molecule has 3 heteroatoms. The van der Waals surface area contributed by atoms with E-state index >= 15 is 0 Å². The van der Waals surface area contributed by atoms with Crippen molar-refractivity contribution in [3.05, 3.63) is 63.0 Å². The lowest BCUT2D eigenvalue weighted by Crippen LogP contribution is -1.84. The Kier molecular flexibility index (Phi) is 3.91. The topological polar surface area (TPSA) is 0 Å². The van der Waals surface area contributed by atoms with Gasteiger partial charge in [0.2, 0.25) is 0 Å². The lowest BCUT2D eigenvalue weighted by molar-refractivity contribution is 1.46. The van der Waals surface area contributed by atoms with E-state index in [2.05, 4.69) is 93.6 Å². The number of benzene rings is 4. The molecular formula is C20H14Br2S. The van der Waals surface area contributed by atoms with E-state index in [-0.39, 0.29) is 0 Å². The Morgan fingerprint density at radius 2 is 1.26 bits per heavy atom. The highest BCUT2D eigenvalue weighted by atomic mass is 79.9. The molecule has 0 spiro atoms. The summed E-state index contributed by atoms with van der Waals surface area (Å²) in [6.07, 6.45) is 2.11. The normalized spacial score (nSPS) is 11.7. The molecule has 23 heavy (non-hydrogen) atoms. The molecular weight excluding hydrogens is 432 g/mol. The third kappa shape index (κ3) is 2.50. The molecule has 0 aromatic heterocycles. The molecule has 0 atom stereocenters. The first-order chi connectivity index (χ1) is 11.1. The van der Waals surface area contributed by atoms with Crippen molar-refractivity contribution in [2.75, 3.05) is 6.26 Å². The van der Waals surface area contributed by atoms with Crippen molar-refractivity contribution in [1.29, 1.82) is 0 Å². The zero-order chi connectivity index (χ0) is 16.1. The Balaban J connectivity index is 2.16. The highest BCUT2D eigenvalue weighted by Crippen LogP contribution is 2.37. The summed E-state index contributed by atoms with van der Waals surface area (Å²) in [6, 6.07) is 18.0. The molecule has 0 aliphatic rings. The Morgan fingerprint density at radius 1 is 0.696 bits per heavy atom. The van der Waals surface area contributed by atoms with E-state index in [1.54, 1.807) is 11.8 Å². The maximum absolute atomic E-state index is 3.71. The van der Waals surface area contributed by atoms with Crippen molar-refractivity contribution in [3.63, 3.8) is 0 Å². The molecule has 114 valence electrons. The number of halogens is 2. The minimum atomic E-state index is 1.16. The third-order valence-corrected chi connectivity index (χ3v) is 6.93. The van der Waals surface area contributed by atoms with Gasteiger partial charge in [-0.3, -0.25) is 0 Å². The summed E-state index contributed by atoms with van der Waals surface area (Å²) in [7, 11) is 0. The SMILES string of the molecule is CSc1cc2ccc3c4cc(Br)c(C)cc4ccc3c2cc1Br. The van der Waals surface area contributed by atoms with Crippen LogP contribution in [0.1, 0.15) is 5.56 Å². The average molecular weight is 446 g/mol. The predicted octanol–water partition coefficient (Wildman–Crippen LogP) is 7.70. The third-order valence-electron chi connectivity index (χ3n) is 4.38. The maximum Gasteiger partial charge on any atom is 0.0317 e. The van der Waals surface area contributed by atoms with Gasteiger partial charge in [-0.25, -0.2) is 0 Å². The minimum absolute atomic E-state index is 1.16. The first-order valence-electron chi connectivity index (χ1n) is 7.37. The van der Waals surface area contributed by atoms with Crippen molar-refractivity contribution >= 4 is 75.9 Å². The number of hydrogen-bond acceptors (Lipinski definition) is 1. The quantitative estimate of drug-likeness (QED) is 0.213. The lowest BCUT2D eigenvalue weighted by atomic mass is 9.96. The van der Waals surface area contributed by atoms with Crippen molar-refractivity contribution in [2.24, 2.45) is 0 Å². The van der Waals surface area contributed by atoms with Crippen LogP contribution < -0.4 is 0 Å². The van der Waals surface area contributed by atoms with E-state index in [4.69, 9.17) is 0 Å². The fourth-order valence-corrected chi connectivity index (χ4v) is 4.84. The van der Waals surface area contributed by atoms with Crippen LogP contribution in [-0.2, 0) is 0 Å². The van der Waals surface area contributed by atoms with Crippen LogP contribution in [0.15, 0.2) is 62.4 Å². The highest BCUT2D eigenvalue weighted by Gasteiger charge is 2.09. The van der Waals surface area contributed by atoms with Crippen molar-refractivity contribution in [2.45, 2.75) is 11.8 Å². The van der Waals surface area contributed by atoms with E-state index in [0.29, 0.717) is 0 Å². The standard InChI is InChI=1S/C20H14Br2S/c1-11-7-12-3-5-15-14(16(12)9-18(11)21)6-4-13-8-20(23-2)19(22)10-17(13)15/h3-10H,1-2H3. The van der Waals surface area contributed by atoms with Gasteiger partial charge in [-0.2, -0.15) is 0 Å². The van der Waals surface area contributed by atoms with E-state index in [0.717, 1.165) is 8.95 Å². The van der Waals surface area contributed by atoms with Crippen LogP contribution in [0.3, 0.4) is 0 Å². The summed E-state index contributed by atoms with van der Waals surface area (Å²) in [5, 5.41) is 7.78. The fourth-order valence-electron chi connectivity index (χ4n) is 3.17. The van der Waals surface area contributed by atoms with Crippen LogP contribution in [0.5, 0.6) is 0 Å². The van der Waals surface area contributed by atoms with E-state index in [9.17, 15) is 0 Å². The maximum atomic E-state index is 3.71. The van der Waals surface area contributed by atoms with Crippen LogP contribution in [-0.4, -0.2) is 6.26 Å². The molecule has 0 bridgehead atoms. The molecule has 0 radical (unpaired) electrons. The number of aryl methyl sites for hydroxylation is 1. The monoisotopic (exact) mass is 444 g/mol. The van der Waals surface area contributed by atoms with Gasteiger partial charge < -0.3 is 0 Å². The molecule has 0 aliphatic carbocycles. The Labute approximate surface area is 156 Å². The molecule has 0 unspecified atom stereocenters. The molecule has 0 heterocycles. The number of rotatable bonds is 1. The van der Waals surface area contributed by atoms with Crippen molar-refractivity contribution < 1.29 is 0 Å². The first-order valence-corrected chi connectivity index (χ1v) is 10.2. The van der Waals surface area contributed by atoms with Gasteiger partial charge in [-0.05, 0) is 85.2 Å². The average Bonchev–Trinajstić information content (AvgIpc) is 2.55. The number of thioether (sulfide) groups is 1. The molecule has 0 fully saturated rings. The lowest BCUT2D eigenvalue weighted by Gasteiger charge is -2.11. The Morgan fingerprint density at radius 3 is 1.87 bits per heavy atom. The van der Waals surface area contributed by atoms with Crippen LogP contribution in [0.2, 0.25) is 0 Å². The molecule has 0 saturated carbocycles. The van der Waals surface area contributed by atoms with Crippen molar-refractivity contribution in [3.8, 4) is 0 Å². The zero-order valence-electron chi connectivity index (χ0n) is 12.8. The summed E-state index contributed by atoms with van der Waals surface area (Å²) >= 11 is 9.15. The van der Waals surface area contributed by atoms with Crippen molar-refractivity contribution in [1.82, 2.24) is 0 Å². The largest absolute Gasteiger partial charge is 0.128 e. The minimum Gasteiger partial charge on any atom is -0.128 e. The molecule has 0 nitrogen and oxygen atoms in total. The summed E-state index contributed by atoms with van der Waals surface area (Å²) in [5.41, 5.74) is 1.27. The van der Waals surface area contributed by atoms with Gasteiger partial charge in [-0.1, -0.05) is 46.3 Å². The first kappa shape index (κ1) is 15.5. The number of fused-ring (bicyclic) bond motifs is 5. The van der Waals surface area contributed by atoms with Crippen LogP contribution in [0, 0.1) is 6.92 Å². The summed E-state index contributed by atoms with van der Waals surface area (Å²) in [6.45, 7) is 2.13. The molecule has 0 N–H and O–H groups in total. The predicted molar refractivity (Wildman–Crippen MR) is 111 cm³/mol. The molecule has 0 saturated heterocycles. The van der Waals surface area contributed by atoms with E-state index in [1.807, 2.05) is 0 Å². The second-order valence-electron chi connectivity index (χ2n) is 5.76. The molecule has 4 rings (SSSR count). The Hall–Kier alpha value is -1.03. The van der Waals surface area contributed by atoms with E-state index < -0.39 is 0 Å². The number of hydrogen-bond donors (Lipinski definition) is 0. The van der Waals surface area contributed by atoms with Crippen LogP contribution >= 0.6 is 43.6 Å². The van der Waals surface area contributed by atoms with Gasteiger partial charge in [0.1, 0.15) is 0 Å². The molecule has 4 aromatic carbocycles. The summed E-state index contributed by atoms with van der Waals surface area (Å²) < 4.78 is 2.33. The van der Waals surface area contributed by atoms with Gasteiger partial charge >= 0.3 is 0 Å². The van der Waals surface area contributed by atoms with Crippen LogP contribution in [0.25, 0.3) is 32.3 Å². The van der Waals surface area contributed by atoms with Gasteiger partial charge in [0.05, 0.1) is 0 Å². The fraction of sp³-hybridized carbons (Fsp3) is 0.100. The summed E-state index contributed by atoms with van der Waals surface area (Å²) in [4.78, 5) is 1.27. The second kappa shape index (κ2) is 5.80. The molecule has 0 aliphatic heterocycles. The van der Waals surface area contributed by atoms with E-state index in [1.165, 1.54) is 42.8 Å². The van der Waals surface area contributed by atoms with Gasteiger partial charge in [0.25, 0.3) is 0 Å². The van der Waals surface area contributed by atoms with Crippen LogP contribution in [0.4, 0.5) is 0 Å². The Bertz CT molecular complexity index is 1080. The van der Waals surface area contributed by atoms with Gasteiger partial charge in [-0.15, -0.1) is 11.8 Å². The van der Waals surface area contributed by atoms with Gasteiger partial charge in [0.15, 0.2) is 0 Å². The second-order valence-corrected chi connectivity index (χ2v) is 8.31. The molecule has 4 aromatic rings.